The summed E-state index contributed by atoms with van der Waals surface area (Å²) in [5, 5.41) is 8.04. The van der Waals surface area contributed by atoms with Crippen LogP contribution in [0.4, 0.5) is 4.39 Å². The summed E-state index contributed by atoms with van der Waals surface area (Å²) in [7, 11) is 0. The number of carbonyl (C=O) groups excluding carboxylic acids is 1. The summed E-state index contributed by atoms with van der Waals surface area (Å²) in [5.74, 6) is -0.220. The normalized spacial score (nSPS) is 18.1. The average molecular weight is 366 g/mol. The number of benzene rings is 2. The third kappa shape index (κ3) is 3.71. The first-order valence-corrected chi connectivity index (χ1v) is 9.32. The Labute approximate surface area is 157 Å². The molecule has 1 saturated heterocycles. The van der Waals surface area contributed by atoms with Crippen LogP contribution in [0.25, 0.3) is 10.9 Å². The number of fused-ring (bicyclic) bond motifs is 1. The number of nitrogens with one attached hydrogen (secondary N) is 1. The highest BCUT2D eigenvalue weighted by Gasteiger charge is 2.28. The number of aromatic nitrogens is 2. The SMILES string of the molecule is C[C@H]1CN(C(=O)c2n[nH]c3ccccc23)CCN1CCc1ccc(F)cc1. The summed E-state index contributed by atoms with van der Waals surface area (Å²) in [6.07, 6.45) is 0.878. The largest absolute Gasteiger partial charge is 0.334 e. The van der Waals surface area contributed by atoms with Gasteiger partial charge in [-0.15, -0.1) is 0 Å². The predicted molar refractivity (Wildman–Crippen MR) is 103 cm³/mol. The zero-order valence-corrected chi connectivity index (χ0v) is 15.4. The summed E-state index contributed by atoms with van der Waals surface area (Å²) in [6.45, 7) is 5.25. The lowest BCUT2D eigenvalue weighted by atomic mass is 10.1. The van der Waals surface area contributed by atoms with Gasteiger partial charge in [0.1, 0.15) is 5.82 Å². The van der Waals surface area contributed by atoms with Gasteiger partial charge < -0.3 is 4.90 Å². The Hall–Kier alpha value is -2.73. The van der Waals surface area contributed by atoms with E-state index < -0.39 is 0 Å². The topological polar surface area (TPSA) is 52.2 Å². The summed E-state index contributed by atoms with van der Waals surface area (Å²) < 4.78 is 13.0. The zero-order chi connectivity index (χ0) is 18.8. The van der Waals surface area contributed by atoms with Crippen LogP contribution in [0.1, 0.15) is 23.0 Å². The molecule has 5 nitrogen and oxygen atoms in total. The fourth-order valence-corrected chi connectivity index (χ4v) is 3.71. The van der Waals surface area contributed by atoms with Gasteiger partial charge in [0.2, 0.25) is 0 Å². The molecule has 1 aromatic heterocycles. The summed E-state index contributed by atoms with van der Waals surface area (Å²) >= 11 is 0. The molecule has 4 rings (SSSR count). The second kappa shape index (κ2) is 7.48. The molecule has 1 N–H and O–H groups in total. The van der Waals surface area contributed by atoms with E-state index in [4.69, 9.17) is 0 Å². The fraction of sp³-hybridized carbons (Fsp3) is 0.333. The minimum Gasteiger partial charge on any atom is -0.334 e. The number of piperazine rings is 1. The van der Waals surface area contributed by atoms with Crippen LogP contribution in [0.3, 0.4) is 0 Å². The van der Waals surface area contributed by atoms with Gasteiger partial charge in [-0.05, 0) is 37.1 Å². The molecule has 2 heterocycles. The second-order valence-corrected chi connectivity index (χ2v) is 7.13. The minimum absolute atomic E-state index is 0.0162. The quantitative estimate of drug-likeness (QED) is 0.772. The Morgan fingerprint density at radius 3 is 2.74 bits per heavy atom. The van der Waals surface area contributed by atoms with Gasteiger partial charge in [-0.2, -0.15) is 5.10 Å². The average Bonchev–Trinajstić information content (AvgIpc) is 3.12. The van der Waals surface area contributed by atoms with Gasteiger partial charge in [0, 0.05) is 37.6 Å². The fourth-order valence-electron chi connectivity index (χ4n) is 3.71. The van der Waals surface area contributed by atoms with Crippen LogP contribution in [0.2, 0.25) is 0 Å². The van der Waals surface area contributed by atoms with E-state index in [-0.39, 0.29) is 17.8 Å². The van der Waals surface area contributed by atoms with Gasteiger partial charge in [0.05, 0.1) is 5.52 Å². The first-order chi connectivity index (χ1) is 13.1. The van der Waals surface area contributed by atoms with Crippen molar-refractivity contribution >= 4 is 16.8 Å². The maximum absolute atomic E-state index is 13.0. The van der Waals surface area contributed by atoms with Gasteiger partial charge in [0.25, 0.3) is 5.91 Å². The van der Waals surface area contributed by atoms with E-state index in [2.05, 4.69) is 22.0 Å². The number of hydrogen-bond acceptors (Lipinski definition) is 3. The predicted octanol–water partition coefficient (Wildman–Crippen LogP) is 3.09. The van der Waals surface area contributed by atoms with Crippen LogP contribution < -0.4 is 0 Å². The van der Waals surface area contributed by atoms with Crippen molar-refractivity contribution in [2.45, 2.75) is 19.4 Å². The molecule has 1 aliphatic heterocycles. The smallest absolute Gasteiger partial charge is 0.275 e. The summed E-state index contributed by atoms with van der Waals surface area (Å²) in [5.41, 5.74) is 2.51. The van der Waals surface area contributed by atoms with Gasteiger partial charge in [-0.1, -0.05) is 30.3 Å². The Morgan fingerprint density at radius 2 is 1.96 bits per heavy atom. The second-order valence-electron chi connectivity index (χ2n) is 7.13. The molecule has 0 radical (unpaired) electrons. The number of nitrogens with zero attached hydrogens (tertiary/aromatic N) is 3. The van der Waals surface area contributed by atoms with E-state index in [1.165, 1.54) is 12.1 Å². The number of para-hydroxylation sites is 1. The van der Waals surface area contributed by atoms with Gasteiger partial charge in [0.15, 0.2) is 5.69 Å². The molecular formula is C21H23FN4O. The number of hydrogen-bond donors (Lipinski definition) is 1. The molecule has 1 aliphatic rings. The Kier molecular flexibility index (Phi) is 4.90. The van der Waals surface area contributed by atoms with Crippen molar-refractivity contribution in [3.63, 3.8) is 0 Å². The molecule has 2 aromatic carbocycles. The number of rotatable bonds is 4. The number of carbonyl (C=O) groups is 1. The number of amides is 1. The van der Waals surface area contributed by atoms with Crippen molar-refractivity contribution in [2.24, 2.45) is 0 Å². The van der Waals surface area contributed by atoms with Crippen LogP contribution >= 0.6 is 0 Å². The van der Waals surface area contributed by atoms with Crippen molar-refractivity contribution < 1.29 is 9.18 Å². The number of H-pyrrole nitrogens is 1. The van der Waals surface area contributed by atoms with E-state index in [0.29, 0.717) is 18.8 Å². The van der Waals surface area contributed by atoms with Crippen LogP contribution in [0.5, 0.6) is 0 Å². The Bertz CT molecular complexity index is 937. The molecule has 140 valence electrons. The lowest BCUT2D eigenvalue weighted by Crippen LogP contribution is -2.54. The molecule has 1 amide bonds. The third-order valence-electron chi connectivity index (χ3n) is 5.33. The Morgan fingerprint density at radius 1 is 1.19 bits per heavy atom. The van der Waals surface area contributed by atoms with E-state index in [1.807, 2.05) is 41.3 Å². The lowest BCUT2D eigenvalue weighted by molar-refractivity contribution is 0.0514. The summed E-state index contributed by atoms with van der Waals surface area (Å²) in [6, 6.07) is 14.6. The molecule has 0 unspecified atom stereocenters. The molecular weight excluding hydrogens is 343 g/mol. The van der Waals surface area contributed by atoms with Crippen molar-refractivity contribution in [1.82, 2.24) is 20.0 Å². The van der Waals surface area contributed by atoms with Crippen molar-refractivity contribution in [2.75, 3.05) is 26.2 Å². The molecule has 0 spiro atoms. The van der Waals surface area contributed by atoms with Crippen molar-refractivity contribution in [3.8, 4) is 0 Å². The molecule has 0 bridgehead atoms. The zero-order valence-electron chi connectivity index (χ0n) is 15.4. The van der Waals surface area contributed by atoms with Crippen molar-refractivity contribution in [3.05, 3.63) is 65.6 Å². The van der Waals surface area contributed by atoms with E-state index >= 15 is 0 Å². The standard InChI is InChI=1S/C21H23FN4O/c1-15-14-26(21(27)20-18-4-2-3-5-19(18)23-24-20)13-12-25(15)11-10-16-6-8-17(22)9-7-16/h2-9,15H,10-14H2,1H3,(H,23,24)/t15-/m0/s1. The molecule has 6 heteroatoms. The first kappa shape index (κ1) is 17.7. The molecule has 0 aliphatic carbocycles. The Balaban J connectivity index is 1.38. The van der Waals surface area contributed by atoms with E-state index in [1.54, 1.807) is 0 Å². The van der Waals surface area contributed by atoms with Crippen LogP contribution in [0.15, 0.2) is 48.5 Å². The highest BCUT2D eigenvalue weighted by Crippen LogP contribution is 2.19. The highest BCUT2D eigenvalue weighted by atomic mass is 19.1. The van der Waals surface area contributed by atoms with E-state index in [0.717, 1.165) is 36.0 Å². The van der Waals surface area contributed by atoms with Gasteiger partial charge in [-0.3, -0.25) is 14.8 Å². The summed E-state index contributed by atoms with van der Waals surface area (Å²) in [4.78, 5) is 17.2. The van der Waals surface area contributed by atoms with Crippen LogP contribution in [-0.4, -0.2) is 58.1 Å². The maximum atomic E-state index is 13.0. The monoisotopic (exact) mass is 366 g/mol. The molecule has 3 aromatic rings. The number of aromatic amines is 1. The highest BCUT2D eigenvalue weighted by molar-refractivity contribution is 6.04. The van der Waals surface area contributed by atoms with Crippen molar-refractivity contribution in [1.29, 1.82) is 0 Å². The number of halogens is 1. The molecule has 1 atom stereocenters. The van der Waals surface area contributed by atoms with Crippen LogP contribution in [0, 0.1) is 5.82 Å². The minimum atomic E-state index is -0.204. The van der Waals surface area contributed by atoms with E-state index in [9.17, 15) is 9.18 Å². The van der Waals surface area contributed by atoms with Crippen LogP contribution in [-0.2, 0) is 6.42 Å². The van der Waals surface area contributed by atoms with Gasteiger partial charge in [-0.25, -0.2) is 4.39 Å². The van der Waals surface area contributed by atoms with Gasteiger partial charge >= 0.3 is 0 Å². The first-order valence-electron chi connectivity index (χ1n) is 9.32. The third-order valence-corrected chi connectivity index (χ3v) is 5.33. The lowest BCUT2D eigenvalue weighted by Gasteiger charge is -2.39. The maximum Gasteiger partial charge on any atom is 0.275 e. The molecule has 0 saturated carbocycles. The molecule has 1 fully saturated rings. The molecule has 27 heavy (non-hydrogen) atoms.